The molecule has 4 amide bonds. The molecular formula is C18H23N3O4. The molecule has 1 heterocycles. The van der Waals surface area contributed by atoms with E-state index < -0.39 is 23.8 Å². The number of nitrogens with zero attached hydrogens (tertiary/aromatic N) is 2. The van der Waals surface area contributed by atoms with Gasteiger partial charge in [0.25, 0.3) is 5.91 Å². The molecule has 1 aromatic rings. The van der Waals surface area contributed by atoms with Crippen molar-refractivity contribution in [2.45, 2.75) is 26.7 Å². The van der Waals surface area contributed by atoms with Crippen LogP contribution in [0.15, 0.2) is 29.3 Å². The number of carbonyl (C=O) groups is 3. The Kier molecular flexibility index (Phi) is 6.27. The smallest absolute Gasteiger partial charge is 0.335 e. The molecule has 1 aliphatic heterocycles. The van der Waals surface area contributed by atoms with Crippen LogP contribution in [-0.4, -0.2) is 37.7 Å². The highest BCUT2D eigenvalue weighted by molar-refractivity contribution is 6.32. The topological polar surface area (TPSA) is 88.1 Å². The van der Waals surface area contributed by atoms with Crippen LogP contribution >= 0.6 is 0 Å². The summed E-state index contributed by atoms with van der Waals surface area (Å²) in [5, 5.41) is 2.20. The Balaban J connectivity index is 2.17. The number of para-hydroxylation sites is 2. The van der Waals surface area contributed by atoms with Crippen LogP contribution in [0.3, 0.4) is 0 Å². The summed E-state index contributed by atoms with van der Waals surface area (Å²) >= 11 is 0. The molecule has 0 aromatic heterocycles. The predicted molar refractivity (Wildman–Crippen MR) is 94.9 cm³/mol. The van der Waals surface area contributed by atoms with Gasteiger partial charge in [-0.15, -0.1) is 0 Å². The van der Waals surface area contributed by atoms with E-state index in [1.807, 2.05) is 0 Å². The lowest BCUT2D eigenvalue weighted by Crippen LogP contribution is -2.58. The van der Waals surface area contributed by atoms with Crippen LogP contribution in [0.2, 0.25) is 0 Å². The molecule has 1 aliphatic rings. The van der Waals surface area contributed by atoms with Gasteiger partial charge in [-0.25, -0.2) is 9.69 Å². The fourth-order valence-corrected chi connectivity index (χ4v) is 2.54. The van der Waals surface area contributed by atoms with Crippen molar-refractivity contribution >= 4 is 29.7 Å². The molecule has 1 fully saturated rings. The van der Waals surface area contributed by atoms with Gasteiger partial charge in [-0.1, -0.05) is 26.0 Å². The Labute approximate surface area is 147 Å². The van der Waals surface area contributed by atoms with Gasteiger partial charge in [0, 0.05) is 12.8 Å². The largest absolute Gasteiger partial charge is 0.495 e. The standard InChI is InChI=1S/C18H23N3O4/c1-12(2)7-6-10-19-11-13-16(22)20-18(24)21(17(13)23)14-8-4-5-9-15(14)25-3/h4-5,8-9,11-13H,6-7,10H2,1-3H3,(H,20,22,24). The molecule has 134 valence electrons. The van der Waals surface area contributed by atoms with Crippen molar-refractivity contribution in [1.82, 2.24) is 5.32 Å². The van der Waals surface area contributed by atoms with E-state index in [0.717, 1.165) is 17.7 Å². The second kappa shape index (κ2) is 8.41. The first-order valence-electron chi connectivity index (χ1n) is 8.27. The van der Waals surface area contributed by atoms with E-state index in [9.17, 15) is 14.4 Å². The highest BCUT2D eigenvalue weighted by Gasteiger charge is 2.41. The molecule has 7 nitrogen and oxygen atoms in total. The zero-order chi connectivity index (χ0) is 18.4. The maximum atomic E-state index is 12.7. The number of barbiturate groups is 1. The number of carbonyl (C=O) groups excluding carboxylic acids is 3. The summed E-state index contributed by atoms with van der Waals surface area (Å²) in [4.78, 5) is 42.0. The van der Waals surface area contributed by atoms with Gasteiger partial charge < -0.3 is 4.74 Å². The molecule has 0 radical (unpaired) electrons. The van der Waals surface area contributed by atoms with Crippen LogP contribution < -0.4 is 15.0 Å². The molecule has 1 saturated heterocycles. The number of amides is 4. The number of benzene rings is 1. The lowest BCUT2D eigenvalue weighted by Gasteiger charge is -2.29. The molecule has 0 saturated carbocycles. The van der Waals surface area contributed by atoms with Gasteiger partial charge in [-0.2, -0.15) is 0 Å². The first-order chi connectivity index (χ1) is 12.0. The minimum absolute atomic E-state index is 0.290. The van der Waals surface area contributed by atoms with Crippen molar-refractivity contribution in [1.29, 1.82) is 0 Å². The summed E-state index contributed by atoms with van der Waals surface area (Å²) in [7, 11) is 1.45. The molecular weight excluding hydrogens is 322 g/mol. The summed E-state index contributed by atoms with van der Waals surface area (Å²) in [6.45, 7) is 4.79. The lowest BCUT2D eigenvalue weighted by molar-refractivity contribution is -0.131. The van der Waals surface area contributed by atoms with E-state index in [-0.39, 0.29) is 0 Å². The molecule has 0 spiro atoms. The zero-order valence-electron chi connectivity index (χ0n) is 14.7. The fourth-order valence-electron chi connectivity index (χ4n) is 2.54. The minimum atomic E-state index is -1.12. The number of hydrogen-bond acceptors (Lipinski definition) is 5. The Morgan fingerprint density at radius 2 is 2.00 bits per heavy atom. The Hall–Kier alpha value is -2.70. The number of nitrogens with one attached hydrogen (secondary N) is 1. The summed E-state index contributed by atoms with van der Waals surface area (Å²) in [5.41, 5.74) is 0.290. The van der Waals surface area contributed by atoms with Crippen LogP contribution in [-0.2, 0) is 9.59 Å². The first-order valence-corrected chi connectivity index (χ1v) is 8.27. The molecule has 2 rings (SSSR count). The normalized spacial score (nSPS) is 18.2. The quantitative estimate of drug-likeness (QED) is 0.467. The van der Waals surface area contributed by atoms with Gasteiger partial charge >= 0.3 is 6.03 Å². The highest BCUT2D eigenvalue weighted by Crippen LogP contribution is 2.30. The third kappa shape index (κ3) is 4.43. The summed E-state index contributed by atoms with van der Waals surface area (Å²) in [6, 6.07) is 5.85. The average Bonchev–Trinajstić information content (AvgIpc) is 2.57. The van der Waals surface area contributed by atoms with Crippen LogP contribution in [0, 0.1) is 11.8 Å². The van der Waals surface area contributed by atoms with Crippen molar-refractivity contribution in [3.05, 3.63) is 24.3 Å². The number of ether oxygens (including phenoxy) is 1. The van der Waals surface area contributed by atoms with Crippen molar-refractivity contribution in [3.63, 3.8) is 0 Å². The lowest BCUT2D eigenvalue weighted by atomic mass is 10.1. The van der Waals surface area contributed by atoms with Crippen molar-refractivity contribution in [2.75, 3.05) is 18.6 Å². The van der Waals surface area contributed by atoms with E-state index in [2.05, 4.69) is 24.2 Å². The third-order valence-corrected chi connectivity index (χ3v) is 3.85. The van der Waals surface area contributed by atoms with Crippen LogP contribution in [0.1, 0.15) is 26.7 Å². The second-order valence-electron chi connectivity index (χ2n) is 6.21. The molecule has 1 N–H and O–H groups in total. The van der Waals surface area contributed by atoms with Gasteiger partial charge in [0.2, 0.25) is 5.91 Å². The summed E-state index contributed by atoms with van der Waals surface area (Å²) in [6.07, 6.45) is 3.23. The van der Waals surface area contributed by atoms with Crippen LogP contribution in [0.4, 0.5) is 10.5 Å². The van der Waals surface area contributed by atoms with E-state index in [4.69, 9.17) is 4.74 Å². The minimum Gasteiger partial charge on any atom is -0.495 e. The van der Waals surface area contributed by atoms with Gasteiger partial charge in [-0.3, -0.25) is 19.9 Å². The number of hydrogen-bond donors (Lipinski definition) is 1. The zero-order valence-corrected chi connectivity index (χ0v) is 14.7. The van der Waals surface area contributed by atoms with Crippen LogP contribution in [0.5, 0.6) is 5.75 Å². The molecule has 1 atom stereocenters. The first kappa shape index (κ1) is 18.6. The van der Waals surface area contributed by atoms with E-state index in [0.29, 0.717) is 23.9 Å². The SMILES string of the molecule is COc1ccccc1N1C(=O)NC(=O)C(C=NCCCC(C)C)C1=O. The van der Waals surface area contributed by atoms with Gasteiger partial charge in [0.15, 0.2) is 5.92 Å². The molecule has 1 unspecified atom stereocenters. The second-order valence-corrected chi connectivity index (χ2v) is 6.21. The summed E-state index contributed by atoms with van der Waals surface area (Å²) < 4.78 is 5.20. The fraction of sp³-hybridized carbons (Fsp3) is 0.444. The molecule has 0 bridgehead atoms. The average molecular weight is 345 g/mol. The van der Waals surface area contributed by atoms with Crippen molar-refractivity contribution in [3.8, 4) is 5.75 Å². The Bertz CT molecular complexity index is 685. The van der Waals surface area contributed by atoms with E-state index in [1.165, 1.54) is 13.3 Å². The highest BCUT2D eigenvalue weighted by atomic mass is 16.5. The monoisotopic (exact) mass is 345 g/mol. The van der Waals surface area contributed by atoms with Crippen molar-refractivity contribution in [2.24, 2.45) is 16.8 Å². The molecule has 0 aliphatic carbocycles. The number of urea groups is 1. The number of anilines is 1. The predicted octanol–water partition coefficient (Wildman–Crippen LogP) is 2.40. The number of methoxy groups -OCH3 is 1. The van der Waals surface area contributed by atoms with Gasteiger partial charge in [0.05, 0.1) is 12.8 Å². The maximum absolute atomic E-state index is 12.7. The van der Waals surface area contributed by atoms with Crippen molar-refractivity contribution < 1.29 is 19.1 Å². The maximum Gasteiger partial charge on any atom is 0.335 e. The number of rotatable bonds is 7. The summed E-state index contributed by atoms with van der Waals surface area (Å²) in [5.74, 6) is -1.47. The Morgan fingerprint density at radius 1 is 1.28 bits per heavy atom. The van der Waals surface area contributed by atoms with Gasteiger partial charge in [-0.05, 0) is 30.9 Å². The van der Waals surface area contributed by atoms with Gasteiger partial charge in [0.1, 0.15) is 5.75 Å². The van der Waals surface area contributed by atoms with E-state index in [1.54, 1.807) is 24.3 Å². The number of aliphatic imine (C=N–C) groups is 1. The molecule has 7 heteroatoms. The molecule has 1 aromatic carbocycles. The van der Waals surface area contributed by atoms with E-state index >= 15 is 0 Å². The Morgan fingerprint density at radius 3 is 2.68 bits per heavy atom. The number of imide groups is 2. The van der Waals surface area contributed by atoms with Crippen LogP contribution in [0.25, 0.3) is 0 Å². The third-order valence-electron chi connectivity index (χ3n) is 3.85. The molecule has 25 heavy (non-hydrogen) atoms.